The third kappa shape index (κ3) is 8.30. The first-order valence-electron chi connectivity index (χ1n) is 11.6. The van der Waals surface area contributed by atoms with Gasteiger partial charge in [-0.1, -0.05) is 6.08 Å². The van der Waals surface area contributed by atoms with E-state index in [1.54, 1.807) is 19.9 Å². The molecule has 0 bridgehead atoms. The lowest BCUT2D eigenvalue weighted by molar-refractivity contribution is -0.299. The molecule has 0 aromatic carbocycles. The van der Waals surface area contributed by atoms with Crippen molar-refractivity contribution in [3.8, 4) is 0 Å². The maximum Gasteiger partial charge on any atom is 0.336 e. The van der Waals surface area contributed by atoms with Crippen molar-refractivity contribution in [3.63, 3.8) is 0 Å². The Labute approximate surface area is 209 Å². The molecule has 36 heavy (non-hydrogen) atoms. The molecule has 2 aliphatic rings. The van der Waals surface area contributed by atoms with Gasteiger partial charge >= 0.3 is 29.8 Å². The summed E-state index contributed by atoms with van der Waals surface area (Å²) in [5.41, 5.74) is -0.575. The van der Waals surface area contributed by atoms with Crippen LogP contribution in [0.1, 0.15) is 60.8 Å². The van der Waals surface area contributed by atoms with Crippen LogP contribution in [0.2, 0.25) is 0 Å². The Morgan fingerprint density at radius 2 is 1.44 bits per heavy atom. The first kappa shape index (κ1) is 29.2. The van der Waals surface area contributed by atoms with Crippen LogP contribution in [0.5, 0.6) is 0 Å². The van der Waals surface area contributed by atoms with Gasteiger partial charge in [0.25, 0.3) is 0 Å². The Kier molecular flexibility index (Phi) is 10.00. The molecule has 12 nitrogen and oxygen atoms in total. The van der Waals surface area contributed by atoms with Crippen LogP contribution in [-0.2, 0) is 52.4 Å². The minimum Gasteiger partial charge on any atom is -0.463 e. The molecule has 1 aliphatic heterocycles. The van der Waals surface area contributed by atoms with Crippen LogP contribution in [0, 0.1) is 5.92 Å². The fourth-order valence-electron chi connectivity index (χ4n) is 4.13. The number of esters is 5. The van der Waals surface area contributed by atoms with Crippen molar-refractivity contribution < 1.29 is 57.5 Å². The Morgan fingerprint density at radius 3 is 1.92 bits per heavy atom. The number of aliphatic hydroxyl groups is 1. The molecule has 0 radical (unpaired) electrons. The second-order valence-electron chi connectivity index (χ2n) is 9.33. The predicted octanol–water partition coefficient (Wildman–Crippen LogP) is 1.11. The van der Waals surface area contributed by atoms with E-state index in [4.69, 9.17) is 28.4 Å². The molecule has 6 atom stereocenters. The van der Waals surface area contributed by atoms with Crippen LogP contribution < -0.4 is 0 Å². The van der Waals surface area contributed by atoms with Crippen molar-refractivity contribution in [2.75, 3.05) is 6.61 Å². The van der Waals surface area contributed by atoms with E-state index in [1.807, 2.05) is 0 Å². The zero-order valence-electron chi connectivity index (χ0n) is 21.3. The molecular weight excluding hydrogens is 480 g/mol. The molecule has 1 aliphatic carbocycles. The number of hydrogen-bond donors (Lipinski definition) is 1. The third-order valence-electron chi connectivity index (χ3n) is 5.84. The Balaban J connectivity index is 2.35. The normalized spacial score (nSPS) is 28.2. The predicted molar refractivity (Wildman–Crippen MR) is 120 cm³/mol. The van der Waals surface area contributed by atoms with Crippen LogP contribution in [0.4, 0.5) is 0 Å². The lowest BCUT2D eigenvalue weighted by atomic mass is 9.79. The lowest BCUT2D eigenvalue weighted by Crippen LogP contribution is -2.63. The van der Waals surface area contributed by atoms with Crippen LogP contribution in [0.25, 0.3) is 0 Å². The Hall–Kier alpha value is -2.99. The maximum atomic E-state index is 13.0. The quantitative estimate of drug-likeness (QED) is 0.363. The molecule has 1 fully saturated rings. The average Bonchev–Trinajstić information content (AvgIpc) is 2.75. The molecule has 0 saturated carbocycles. The fraction of sp³-hybridized carbons (Fsp3) is 0.708. The number of allylic oxidation sites excluding steroid dienone is 1. The molecule has 1 saturated heterocycles. The minimum absolute atomic E-state index is 0.0419. The van der Waals surface area contributed by atoms with E-state index in [-0.39, 0.29) is 5.92 Å². The van der Waals surface area contributed by atoms with Crippen LogP contribution in [0.15, 0.2) is 11.6 Å². The molecule has 0 amide bonds. The summed E-state index contributed by atoms with van der Waals surface area (Å²) in [7, 11) is 0. The summed E-state index contributed by atoms with van der Waals surface area (Å²) < 4.78 is 32.2. The summed E-state index contributed by atoms with van der Waals surface area (Å²) in [5.74, 6) is -3.82. The first-order valence-corrected chi connectivity index (χ1v) is 11.6. The number of carbonyl (C=O) groups is 5. The van der Waals surface area contributed by atoms with Crippen molar-refractivity contribution >= 4 is 29.8 Å². The topological polar surface area (TPSA) is 161 Å². The summed E-state index contributed by atoms with van der Waals surface area (Å²) >= 11 is 0. The second kappa shape index (κ2) is 12.3. The van der Waals surface area contributed by atoms with Crippen molar-refractivity contribution in [1.82, 2.24) is 0 Å². The molecule has 0 aromatic rings. The summed E-state index contributed by atoms with van der Waals surface area (Å²) in [6.45, 7) is 7.43. The number of carbonyl (C=O) groups excluding carboxylic acids is 5. The molecular formula is C24H34O12. The van der Waals surface area contributed by atoms with Gasteiger partial charge in [0.1, 0.15) is 12.7 Å². The lowest BCUT2D eigenvalue weighted by Gasteiger charge is -2.43. The van der Waals surface area contributed by atoms with Crippen molar-refractivity contribution in [2.45, 2.75) is 97.1 Å². The Bertz CT molecular complexity index is 886. The Morgan fingerprint density at radius 1 is 0.889 bits per heavy atom. The summed E-state index contributed by atoms with van der Waals surface area (Å²) in [6, 6.07) is 0. The first-order chi connectivity index (χ1) is 16.7. The molecule has 1 N–H and O–H groups in total. The minimum atomic E-state index is -1.58. The van der Waals surface area contributed by atoms with Gasteiger partial charge in [-0.3, -0.25) is 19.2 Å². The smallest absolute Gasteiger partial charge is 0.336 e. The highest BCUT2D eigenvalue weighted by Gasteiger charge is 2.54. The van der Waals surface area contributed by atoms with E-state index in [2.05, 4.69) is 0 Å². The SMILES string of the molecule is CC(=O)OC[C@H]1O[C@@H](OC(=O)C2=CC[C@H](C(C)(C)O)CC2)[C@H](OC(C)=O)[C@@H](OC(C)=O)[C@@H]1OC(C)=O. The zero-order valence-corrected chi connectivity index (χ0v) is 21.3. The highest BCUT2D eigenvalue weighted by molar-refractivity contribution is 5.88. The van der Waals surface area contributed by atoms with Crippen molar-refractivity contribution in [1.29, 1.82) is 0 Å². The van der Waals surface area contributed by atoms with Gasteiger partial charge in [0.15, 0.2) is 12.2 Å². The third-order valence-corrected chi connectivity index (χ3v) is 5.84. The monoisotopic (exact) mass is 514 g/mol. The molecule has 2 rings (SSSR count). The molecule has 0 spiro atoms. The van der Waals surface area contributed by atoms with E-state index >= 15 is 0 Å². The second-order valence-corrected chi connectivity index (χ2v) is 9.33. The van der Waals surface area contributed by atoms with Crippen LogP contribution in [-0.4, -0.2) is 77.9 Å². The largest absolute Gasteiger partial charge is 0.463 e. The van der Waals surface area contributed by atoms with Gasteiger partial charge in [-0.15, -0.1) is 0 Å². The number of rotatable bonds is 8. The van der Waals surface area contributed by atoms with E-state index in [9.17, 15) is 29.1 Å². The number of ether oxygens (including phenoxy) is 6. The maximum absolute atomic E-state index is 13.0. The van der Waals surface area contributed by atoms with Gasteiger partial charge in [0, 0.05) is 33.3 Å². The summed E-state index contributed by atoms with van der Waals surface area (Å²) in [5, 5.41) is 10.2. The van der Waals surface area contributed by atoms with Crippen LogP contribution >= 0.6 is 0 Å². The zero-order chi connectivity index (χ0) is 27.2. The molecule has 0 unspecified atom stereocenters. The molecule has 12 heteroatoms. The fourth-order valence-corrected chi connectivity index (χ4v) is 4.13. The van der Waals surface area contributed by atoms with Gasteiger partial charge in [0.2, 0.25) is 12.4 Å². The van der Waals surface area contributed by atoms with E-state index in [0.29, 0.717) is 24.8 Å². The summed E-state index contributed by atoms with van der Waals surface area (Å²) in [6.07, 6.45) is -4.05. The molecule has 1 heterocycles. The van der Waals surface area contributed by atoms with E-state index in [0.717, 1.165) is 27.7 Å². The van der Waals surface area contributed by atoms with Gasteiger partial charge in [0.05, 0.1) is 5.60 Å². The van der Waals surface area contributed by atoms with E-state index in [1.165, 1.54) is 0 Å². The molecule has 202 valence electrons. The highest BCUT2D eigenvalue weighted by atomic mass is 16.7. The van der Waals surface area contributed by atoms with Crippen molar-refractivity contribution in [3.05, 3.63) is 11.6 Å². The number of hydrogen-bond acceptors (Lipinski definition) is 12. The van der Waals surface area contributed by atoms with E-state index < -0.39 is 72.8 Å². The van der Waals surface area contributed by atoms with Gasteiger partial charge in [-0.25, -0.2) is 4.79 Å². The van der Waals surface area contributed by atoms with Crippen molar-refractivity contribution in [2.24, 2.45) is 5.92 Å². The van der Waals surface area contributed by atoms with Gasteiger partial charge in [-0.05, 0) is 39.0 Å². The van der Waals surface area contributed by atoms with Gasteiger partial charge < -0.3 is 33.5 Å². The van der Waals surface area contributed by atoms with Gasteiger partial charge in [-0.2, -0.15) is 0 Å². The average molecular weight is 515 g/mol. The van der Waals surface area contributed by atoms with Crippen LogP contribution in [0.3, 0.4) is 0 Å². The highest BCUT2D eigenvalue weighted by Crippen LogP contribution is 2.34. The summed E-state index contributed by atoms with van der Waals surface area (Å²) in [4.78, 5) is 59.9. The standard InChI is InChI=1S/C24H34O12/c1-12(25)31-11-18-19(32-13(2)26)20(33-14(3)27)21(34-15(4)28)23(35-18)36-22(29)16-7-9-17(10-8-16)24(5,6)30/h7,17-21,23,30H,8-11H2,1-6H3/t17-,18+,19+,20-,21+,23-/m0/s1. The molecule has 0 aromatic heterocycles.